The van der Waals surface area contributed by atoms with Crippen LogP contribution in [0, 0.1) is 11.8 Å². The molecule has 1 aromatic heterocycles. The van der Waals surface area contributed by atoms with Crippen molar-refractivity contribution in [2.45, 2.75) is 56.1 Å². The molecule has 0 saturated carbocycles. The van der Waals surface area contributed by atoms with E-state index in [1.54, 1.807) is 13.1 Å². The SMILES string of the molecule is CNc1noc2ccc(S(=O)(=O)N(CC(C)C)C(Cc3ccccc3)C(O)CNC(=O)OC3COC4OCCC34)cc12. The van der Waals surface area contributed by atoms with Gasteiger partial charge in [-0.15, -0.1) is 0 Å². The van der Waals surface area contributed by atoms with Gasteiger partial charge in [-0.25, -0.2) is 13.2 Å². The second kappa shape index (κ2) is 13.0. The van der Waals surface area contributed by atoms with E-state index in [0.29, 0.717) is 23.4 Å². The van der Waals surface area contributed by atoms with Crippen LogP contribution in [0.3, 0.4) is 0 Å². The molecule has 1 amide bonds. The molecule has 3 N–H and O–H groups in total. The van der Waals surface area contributed by atoms with Crippen LogP contribution in [0.5, 0.6) is 0 Å². The number of hydrogen-bond acceptors (Lipinski definition) is 10. The molecule has 13 heteroatoms. The fraction of sp³-hybridized carbons (Fsp3) is 0.517. The summed E-state index contributed by atoms with van der Waals surface area (Å²) in [7, 11) is -2.45. The van der Waals surface area contributed by atoms with E-state index >= 15 is 0 Å². The number of hydrogen-bond donors (Lipinski definition) is 3. The smallest absolute Gasteiger partial charge is 0.407 e. The monoisotopic (exact) mass is 602 g/mol. The van der Waals surface area contributed by atoms with Gasteiger partial charge >= 0.3 is 6.09 Å². The molecule has 2 aliphatic rings. The summed E-state index contributed by atoms with van der Waals surface area (Å²) in [6.07, 6.45) is -1.80. The van der Waals surface area contributed by atoms with Crippen LogP contribution in [0.1, 0.15) is 25.8 Å². The third-order valence-corrected chi connectivity index (χ3v) is 9.52. The lowest BCUT2D eigenvalue weighted by Gasteiger charge is -2.35. The normalized spacial score (nSPS) is 21.9. The number of sulfonamides is 1. The van der Waals surface area contributed by atoms with E-state index in [0.717, 1.165) is 12.0 Å². The summed E-state index contributed by atoms with van der Waals surface area (Å²) in [4.78, 5) is 12.7. The van der Waals surface area contributed by atoms with Crippen LogP contribution in [0.2, 0.25) is 0 Å². The number of nitrogens with one attached hydrogen (secondary N) is 2. The van der Waals surface area contributed by atoms with Crippen molar-refractivity contribution in [1.29, 1.82) is 0 Å². The van der Waals surface area contributed by atoms with Crippen molar-refractivity contribution in [1.82, 2.24) is 14.8 Å². The summed E-state index contributed by atoms with van der Waals surface area (Å²) >= 11 is 0. The Labute approximate surface area is 245 Å². The van der Waals surface area contributed by atoms with Crippen molar-refractivity contribution in [3.8, 4) is 0 Å². The van der Waals surface area contributed by atoms with Gasteiger partial charge in [0.05, 0.1) is 41.6 Å². The number of aliphatic hydroxyl groups is 1. The molecule has 2 fully saturated rings. The van der Waals surface area contributed by atoms with E-state index in [2.05, 4.69) is 15.8 Å². The van der Waals surface area contributed by atoms with Crippen molar-refractivity contribution in [3.05, 3.63) is 54.1 Å². The molecule has 2 aromatic carbocycles. The predicted octanol–water partition coefficient (Wildman–Crippen LogP) is 2.98. The minimum Gasteiger partial charge on any atom is -0.443 e. The molecule has 0 bridgehead atoms. The van der Waals surface area contributed by atoms with Gasteiger partial charge in [-0.3, -0.25) is 0 Å². The summed E-state index contributed by atoms with van der Waals surface area (Å²) in [5.41, 5.74) is 1.29. The average Bonchev–Trinajstić information content (AvgIpc) is 3.71. The molecule has 2 aliphatic heterocycles. The van der Waals surface area contributed by atoms with Crippen molar-refractivity contribution in [3.63, 3.8) is 0 Å². The molecule has 5 rings (SSSR count). The molecule has 2 saturated heterocycles. The molecule has 0 spiro atoms. The lowest BCUT2D eigenvalue weighted by atomic mass is 10.0. The minimum absolute atomic E-state index is 0.0237. The minimum atomic E-state index is -4.12. The van der Waals surface area contributed by atoms with Crippen LogP contribution in [-0.4, -0.2) is 87.0 Å². The van der Waals surface area contributed by atoms with Crippen LogP contribution in [0.25, 0.3) is 11.0 Å². The lowest BCUT2D eigenvalue weighted by Crippen LogP contribution is -2.53. The van der Waals surface area contributed by atoms with Crippen LogP contribution in [-0.2, 0) is 30.7 Å². The second-order valence-corrected chi connectivity index (χ2v) is 13.0. The number of alkyl carbamates (subject to hydrolysis) is 1. The average molecular weight is 603 g/mol. The number of nitrogens with zero attached hydrogens (tertiary/aromatic N) is 2. The number of rotatable bonds is 12. The number of aromatic nitrogens is 1. The van der Waals surface area contributed by atoms with Gasteiger partial charge in [-0.05, 0) is 42.5 Å². The number of ether oxygens (including phenoxy) is 3. The zero-order valence-electron chi connectivity index (χ0n) is 23.9. The standard InChI is InChI=1S/C29H38N4O8S/c1-18(2)16-33(42(36,37)20-9-10-25-22(14-20)27(30-3)32-41-25)23(13-19-7-5-4-6-8-19)24(34)15-31-29(35)40-26-17-39-28-21(26)11-12-38-28/h4-10,14,18,21,23-24,26,28,34H,11-13,15-17H2,1-3H3,(H,30,32)(H,31,35). The summed E-state index contributed by atoms with van der Waals surface area (Å²) in [6.45, 7) is 4.55. The highest BCUT2D eigenvalue weighted by molar-refractivity contribution is 7.89. The summed E-state index contributed by atoms with van der Waals surface area (Å²) in [5, 5.41) is 21.5. The summed E-state index contributed by atoms with van der Waals surface area (Å²) in [6, 6.07) is 13.0. The Morgan fingerprint density at radius 1 is 1.19 bits per heavy atom. The topological polar surface area (TPSA) is 152 Å². The number of carbonyl (C=O) groups is 1. The van der Waals surface area contributed by atoms with Gasteiger partial charge in [0.1, 0.15) is 6.10 Å². The number of carbonyl (C=O) groups excluding carboxylic acids is 1. The van der Waals surface area contributed by atoms with E-state index < -0.39 is 34.4 Å². The molecule has 12 nitrogen and oxygen atoms in total. The van der Waals surface area contributed by atoms with Gasteiger partial charge in [-0.2, -0.15) is 4.31 Å². The Bertz CT molecular complexity index is 1460. The maximum Gasteiger partial charge on any atom is 0.407 e. The Balaban J connectivity index is 1.39. The third kappa shape index (κ3) is 6.55. The van der Waals surface area contributed by atoms with Gasteiger partial charge in [0.15, 0.2) is 17.7 Å². The van der Waals surface area contributed by atoms with Crippen molar-refractivity contribution in [2.24, 2.45) is 11.8 Å². The summed E-state index contributed by atoms with van der Waals surface area (Å²) < 4.78 is 51.7. The van der Waals surface area contributed by atoms with Gasteiger partial charge in [-0.1, -0.05) is 49.3 Å². The zero-order chi connectivity index (χ0) is 29.9. The van der Waals surface area contributed by atoms with E-state index in [9.17, 15) is 18.3 Å². The Kier molecular flexibility index (Phi) is 9.33. The molecule has 5 unspecified atom stereocenters. The number of anilines is 1. The van der Waals surface area contributed by atoms with Crippen LogP contribution < -0.4 is 10.6 Å². The van der Waals surface area contributed by atoms with E-state index in [-0.39, 0.29) is 49.1 Å². The van der Waals surface area contributed by atoms with Gasteiger partial charge in [0.25, 0.3) is 0 Å². The fourth-order valence-corrected chi connectivity index (χ4v) is 7.35. The first-order chi connectivity index (χ1) is 20.2. The Morgan fingerprint density at radius 3 is 2.71 bits per heavy atom. The molecule has 42 heavy (non-hydrogen) atoms. The first-order valence-corrected chi connectivity index (χ1v) is 15.6. The van der Waals surface area contributed by atoms with Gasteiger partial charge in [0, 0.05) is 20.1 Å². The molecule has 228 valence electrons. The van der Waals surface area contributed by atoms with E-state index in [4.69, 9.17) is 18.7 Å². The van der Waals surface area contributed by atoms with Crippen molar-refractivity contribution < 1.29 is 37.1 Å². The molecular weight excluding hydrogens is 564 g/mol. The van der Waals surface area contributed by atoms with Crippen LogP contribution >= 0.6 is 0 Å². The molecule has 3 aromatic rings. The number of aliphatic hydroxyl groups excluding tert-OH is 1. The highest BCUT2D eigenvalue weighted by Crippen LogP contribution is 2.33. The van der Waals surface area contributed by atoms with Crippen LogP contribution in [0.15, 0.2) is 57.9 Å². The molecule has 5 atom stereocenters. The van der Waals surface area contributed by atoms with Crippen LogP contribution in [0.4, 0.5) is 10.6 Å². The number of fused-ring (bicyclic) bond motifs is 2. The quantitative estimate of drug-likeness (QED) is 0.282. The third-order valence-electron chi connectivity index (χ3n) is 7.63. The van der Waals surface area contributed by atoms with Gasteiger partial charge < -0.3 is 34.5 Å². The van der Waals surface area contributed by atoms with Gasteiger partial charge in [0.2, 0.25) is 10.0 Å². The molecule has 0 aliphatic carbocycles. The predicted molar refractivity (Wildman–Crippen MR) is 154 cm³/mol. The number of benzene rings is 2. The van der Waals surface area contributed by atoms with Crippen molar-refractivity contribution in [2.75, 3.05) is 38.7 Å². The zero-order valence-corrected chi connectivity index (χ0v) is 24.7. The largest absolute Gasteiger partial charge is 0.443 e. The Morgan fingerprint density at radius 2 is 1.98 bits per heavy atom. The van der Waals surface area contributed by atoms with E-state index in [1.807, 2.05) is 44.2 Å². The first kappa shape index (κ1) is 30.2. The highest BCUT2D eigenvalue weighted by Gasteiger charge is 2.44. The van der Waals surface area contributed by atoms with E-state index in [1.165, 1.54) is 16.4 Å². The second-order valence-electron chi connectivity index (χ2n) is 11.1. The molecular formula is C29H38N4O8S. The van der Waals surface area contributed by atoms with Crippen molar-refractivity contribution >= 4 is 32.9 Å². The summed E-state index contributed by atoms with van der Waals surface area (Å²) in [5.74, 6) is 0.341. The molecule has 0 radical (unpaired) electrons. The first-order valence-electron chi connectivity index (χ1n) is 14.2. The number of amides is 1. The molecule has 3 heterocycles. The highest BCUT2D eigenvalue weighted by atomic mass is 32.2. The maximum atomic E-state index is 14.2. The lowest BCUT2D eigenvalue weighted by molar-refractivity contribution is -0.0907. The Hall–Kier alpha value is -3.23. The maximum absolute atomic E-state index is 14.2. The fourth-order valence-electron chi connectivity index (χ4n) is 5.50.